The third kappa shape index (κ3) is 3.88. The van der Waals surface area contributed by atoms with Crippen LogP contribution in [0.4, 0.5) is 0 Å². The molecular formula is C20H24N4O2. The lowest BCUT2D eigenvalue weighted by Crippen LogP contribution is -2.34. The minimum absolute atomic E-state index is 0.0205. The first kappa shape index (κ1) is 18.0. The van der Waals surface area contributed by atoms with Crippen LogP contribution in [0.15, 0.2) is 30.3 Å². The normalized spacial score (nSPS) is 14.9. The van der Waals surface area contributed by atoms with Crippen LogP contribution in [0.3, 0.4) is 0 Å². The van der Waals surface area contributed by atoms with Crippen LogP contribution in [0.25, 0.3) is 0 Å². The number of fused-ring (bicyclic) bond motifs is 1. The summed E-state index contributed by atoms with van der Waals surface area (Å²) < 4.78 is 7.69. The van der Waals surface area contributed by atoms with E-state index in [0.717, 1.165) is 36.4 Å². The molecule has 0 fully saturated rings. The second kappa shape index (κ2) is 8.05. The van der Waals surface area contributed by atoms with E-state index in [4.69, 9.17) is 10.00 Å². The van der Waals surface area contributed by atoms with Crippen LogP contribution in [-0.4, -0.2) is 33.7 Å². The molecule has 6 nitrogen and oxygen atoms in total. The fourth-order valence-corrected chi connectivity index (χ4v) is 3.20. The van der Waals surface area contributed by atoms with Crippen LogP contribution < -0.4 is 4.74 Å². The van der Waals surface area contributed by atoms with E-state index in [1.807, 2.05) is 22.9 Å². The van der Waals surface area contributed by atoms with Crippen LogP contribution in [-0.2, 0) is 17.9 Å². The van der Waals surface area contributed by atoms with Crippen molar-refractivity contribution >= 4 is 5.91 Å². The van der Waals surface area contributed by atoms with Crippen LogP contribution in [0, 0.1) is 11.3 Å². The van der Waals surface area contributed by atoms with Gasteiger partial charge in [0.15, 0.2) is 12.3 Å². The molecule has 1 amide bonds. The maximum Gasteiger partial charge on any atom is 0.260 e. The Bertz CT molecular complexity index is 821. The van der Waals surface area contributed by atoms with Crippen LogP contribution in [0.5, 0.6) is 5.75 Å². The van der Waals surface area contributed by atoms with E-state index in [0.29, 0.717) is 24.7 Å². The molecule has 1 aliphatic rings. The lowest BCUT2D eigenvalue weighted by Gasteiger charge is -2.21. The highest BCUT2D eigenvalue weighted by atomic mass is 16.5. The Kier molecular flexibility index (Phi) is 5.57. The zero-order valence-electron chi connectivity index (χ0n) is 15.3. The number of rotatable bonds is 5. The number of benzene rings is 1. The number of aryl methyl sites for hydroxylation is 1. The highest BCUT2D eigenvalue weighted by Gasteiger charge is 2.21. The van der Waals surface area contributed by atoms with Crippen LogP contribution >= 0.6 is 0 Å². The summed E-state index contributed by atoms with van der Waals surface area (Å²) in [6.45, 7) is 6.17. The van der Waals surface area contributed by atoms with Crippen molar-refractivity contribution in [1.29, 1.82) is 5.26 Å². The van der Waals surface area contributed by atoms with E-state index in [1.54, 1.807) is 11.0 Å². The van der Waals surface area contributed by atoms with E-state index in [9.17, 15) is 4.79 Å². The van der Waals surface area contributed by atoms with E-state index in [-0.39, 0.29) is 12.5 Å². The first-order valence-corrected chi connectivity index (χ1v) is 9.08. The Morgan fingerprint density at radius 3 is 2.96 bits per heavy atom. The predicted octanol–water partition coefficient (Wildman–Crippen LogP) is 3.08. The maximum absolute atomic E-state index is 12.7. The standard InChI is InChI=1S/C20H24N4O2/c1-3-15(2)18-7-4-5-8-19(18)26-14-20(25)23-9-6-10-24-17(13-23)11-16(12-21)22-24/h4-5,7-8,11,15H,3,6,9-10,13-14H2,1-2H3. The zero-order chi connectivity index (χ0) is 18.5. The van der Waals surface area contributed by atoms with Crippen molar-refractivity contribution in [3.8, 4) is 11.8 Å². The van der Waals surface area contributed by atoms with Gasteiger partial charge in [0.05, 0.1) is 12.2 Å². The van der Waals surface area contributed by atoms with Gasteiger partial charge < -0.3 is 9.64 Å². The van der Waals surface area contributed by atoms with E-state index >= 15 is 0 Å². The highest BCUT2D eigenvalue weighted by molar-refractivity contribution is 5.77. The summed E-state index contributed by atoms with van der Waals surface area (Å²) in [6.07, 6.45) is 1.83. The highest BCUT2D eigenvalue weighted by Crippen LogP contribution is 2.28. The number of ether oxygens (including phenoxy) is 1. The van der Waals surface area contributed by atoms with Gasteiger partial charge in [-0.2, -0.15) is 10.4 Å². The van der Waals surface area contributed by atoms with Gasteiger partial charge in [0.25, 0.3) is 5.91 Å². The van der Waals surface area contributed by atoms with Gasteiger partial charge in [0.1, 0.15) is 11.8 Å². The molecule has 0 saturated heterocycles. The van der Waals surface area contributed by atoms with Crippen molar-refractivity contribution in [2.24, 2.45) is 0 Å². The number of nitriles is 1. The van der Waals surface area contributed by atoms with Gasteiger partial charge in [-0.1, -0.05) is 32.0 Å². The number of hydrogen-bond donors (Lipinski definition) is 0. The van der Waals surface area contributed by atoms with E-state index in [2.05, 4.69) is 31.1 Å². The fraction of sp³-hybridized carbons (Fsp3) is 0.450. The quantitative estimate of drug-likeness (QED) is 0.829. The summed E-state index contributed by atoms with van der Waals surface area (Å²) in [4.78, 5) is 14.5. The van der Waals surface area contributed by atoms with Gasteiger partial charge in [-0.25, -0.2) is 0 Å². The molecule has 6 heteroatoms. The molecule has 0 bridgehead atoms. The summed E-state index contributed by atoms with van der Waals surface area (Å²) in [5.41, 5.74) is 2.43. The Hall–Kier alpha value is -2.81. The van der Waals surface area contributed by atoms with E-state index in [1.165, 1.54) is 0 Å². The predicted molar refractivity (Wildman–Crippen MR) is 97.6 cm³/mol. The third-order valence-electron chi connectivity index (χ3n) is 4.89. The Morgan fingerprint density at radius 1 is 1.38 bits per heavy atom. The summed E-state index contributed by atoms with van der Waals surface area (Å²) in [6, 6.07) is 11.7. The summed E-state index contributed by atoms with van der Waals surface area (Å²) in [5.74, 6) is 1.12. The van der Waals surface area contributed by atoms with Gasteiger partial charge in [-0.15, -0.1) is 0 Å². The minimum Gasteiger partial charge on any atom is -0.483 e. The number of nitrogens with zero attached hydrogens (tertiary/aromatic N) is 4. The molecule has 0 radical (unpaired) electrons. The largest absolute Gasteiger partial charge is 0.483 e. The molecule has 0 N–H and O–H groups in total. The second-order valence-corrected chi connectivity index (χ2v) is 6.66. The number of carbonyl (C=O) groups is 1. The molecule has 0 saturated carbocycles. The molecule has 1 aromatic carbocycles. The SMILES string of the molecule is CCC(C)c1ccccc1OCC(=O)N1CCCn2nc(C#N)cc2C1. The third-order valence-corrected chi connectivity index (χ3v) is 4.89. The number of aromatic nitrogens is 2. The monoisotopic (exact) mass is 352 g/mol. The van der Waals surface area contributed by atoms with Crippen LogP contribution in [0.2, 0.25) is 0 Å². The first-order valence-electron chi connectivity index (χ1n) is 9.08. The van der Waals surface area contributed by atoms with Gasteiger partial charge in [-0.05, 0) is 36.5 Å². The van der Waals surface area contributed by atoms with Crippen LogP contribution in [0.1, 0.15) is 49.6 Å². The second-order valence-electron chi connectivity index (χ2n) is 6.66. The molecule has 0 aliphatic carbocycles. The van der Waals surface area contributed by atoms with E-state index < -0.39 is 0 Å². The summed E-state index contributed by atoms with van der Waals surface area (Å²) in [7, 11) is 0. The molecule has 136 valence electrons. The zero-order valence-corrected chi connectivity index (χ0v) is 15.3. The van der Waals surface area contributed by atoms with Crippen molar-refractivity contribution < 1.29 is 9.53 Å². The molecule has 2 heterocycles. The molecule has 26 heavy (non-hydrogen) atoms. The Balaban J connectivity index is 1.66. The number of para-hydroxylation sites is 1. The average molecular weight is 352 g/mol. The van der Waals surface area contributed by atoms with Crippen molar-refractivity contribution in [3.63, 3.8) is 0 Å². The number of hydrogen-bond acceptors (Lipinski definition) is 4. The summed E-state index contributed by atoms with van der Waals surface area (Å²) >= 11 is 0. The minimum atomic E-state index is -0.0443. The number of carbonyl (C=O) groups excluding carboxylic acids is 1. The van der Waals surface area contributed by atoms with Crippen molar-refractivity contribution in [3.05, 3.63) is 47.3 Å². The molecule has 1 aromatic heterocycles. The van der Waals surface area contributed by atoms with Crippen molar-refractivity contribution in [2.75, 3.05) is 13.2 Å². The molecule has 1 unspecified atom stereocenters. The smallest absolute Gasteiger partial charge is 0.260 e. The molecule has 3 rings (SSSR count). The molecule has 0 spiro atoms. The fourth-order valence-electron chi connectivity index (χ4n) is 3.20. The lowest BCUT2D eigenvalue weighted by atomic mass is 9.98. The lowest BCUT2D eigenvalue weighted by molar-refractivity contribution is -0.134. The van der Waals surface area contributed by atoms with Crippen molar-refractivity contribution in [1.82, 2.24) is 14.7 Å². The Morgan fingerprint density at radius 2 is 2.19 bits per heavy atom. The first-order chi connectivity index (χ1) is 12.6. The molecule has 1 aliphatic heterocycles. The van der Waals surface area contributed by atoms with Gasteiger partial charge >= 0.3 is 0 Å². The topological polar surface area (TPSA) is 71.2 Å². The van der Waals surface area contributed by atoms with Gasteiger partial charge in [-0.3, -0.25) is 9.48 Å². The Labute approximate surface area is 154 Å². The molecular weight excluding hydrogens is 328 g/mol. The summed E-state index contributed by atoms with van der Waals surface area (Å²) in [5, 5.41) is 13.3. The molecule has 2 aromatic rings. The van der Waals surface area contributed by atoms with Crippen molar-refractivity contribution in [2.45, 2.75) is 45.7 Å². The molecule has 1 atom stereocenters. The number of amides is 1. The van der Waals surface area contributed by atoms with Gasteiger partial charge in [0, 0.05) is 13.1 Å². The average Bonchev–Trinajstić information content (AvgIpc) is 2.96. The maximum atomic E-state index is 12.7. The van der Waals surface area contributed by atoms with Gasteiger partial charge in [0.2, 0.25) is 0 Å².